The molecule has 0 bridgehead atoms. The monoisotopic (exact) mass is 279 g/mol. The summed E-state index contributed by atoms with van der Waals surface area (Å²) in [5.74, 6) is 0.420. The first-order valence-electron chi connectivity index (χ1n) is 6.37. The second-order valence-corrected chi connectivity index (χ2v) is 4.71. The molecule has 0 saturated carbocycles. The predicted molar refractivity (Wildman–Crippen MR) is 76.9 cm³/mol. The molecule has 1 aromatic rings. The highest BCUT2D eigenvalue weighted by atomic mass is 16.5. The van der Waals surface area contributed by atoms with Gasteiger partial charge in [-0.05, 0) is 19.4 Å². The Hall–Kier alpha value is -2.24. The van der Waals surface area contributed by atoms with Gasteiger partial charge in [0.05, 0.1) is 19.1 Å². The van der Waals surface area contributed by atoms with Crippen LogP contribution in [0.5, 0.6) is 5.75 Å². The number of para-hydroxylation sites is 1. The molecule has 6 nitrogen and oxygen atoms in total. The number of carbonyl (C=O) groups is 1. The summed E-state index contributed by atoms with van der Waals surface area (Å²) >= 11 is 0. The fraction of sp³-hybridized carbons (Fsp3) is 0.429. The lowest BCUT2D eigenvalue weighted by Gasteiger charge is -2.28. The van der Waals surface area contributed by atoms with Crippen molar-refractivity contribution in [2.75, 3.05) is 7.11 Å². The summed E-state index contributed by atoms with van der Waals surface area (Å²) in [7, 11) is 1.56. The van der Waals surface area contributed by atoms with Crippen molar-refractivity contribution < 1.29 is 14.7 Å². The lowest BCUT2D eigenvalue weighted by Crippen LogP contribution is -2.55. The highest BCUT2D eigenvalue weighted by molar-refractivity contribution is 5.94. The van der Waals surface area contributed by atoms with E-state index in [-0.39, 0.29) is 18.2 Å². The maximum Gasteiger partial charge on any atom is 0.225 e. The summed E-state index contributed by atoms with van der Waals surface area (Å²) in [4.78, 5) is 12.1. The highest BCUT2D eigenvalue weighted by Crippen LogP contribution is 2.18. The lowest BCUT2D eigenvalue weighted by atomic mass is 9.97. The molecule has 0 saturated heterocycles. The maximum absolute atomic E-state index is 12.1. The molecule has 0 fully saturated rings. The van der Waals surface area contributed by atoms with Crippen molar-refractivity contribution in [3.63, 3.8) is 0 Å². The second kappa shape index (κ2) is 6.79. The number of benzene rings is 1. The number of nitrogens with two attached hydrogens (primary N) is 1. The number of amides is 1. The number of ether oxygens (including phenoxy) is 1. The Labute approximate surface area is 118 Å². The van der Waals surface area contributed by atoms with Crippen LogP contribution in [0.2, 0.25) is 0 Å². The lowest BCUT2D eigenvalue weighted by molar-refractivity contribution is -0.121. The van der Waals surface area contributed by atoms with Crippen LogP contribution in [0.1, 0.15) is 25.8 Å². The van der Waals surface area contributed by atoms with E-state index in [2.05, 4.69) is 10.5 Å². The molecular formula is C14H21N3O3. The third-order valence-corrected chi connectivity index (χ3v) is 3.34. The van der Waals surface area contributed by atoms with Crippen LogP contribution in [0.15, 0.2) is 29.4 Å². The standard InChI is InChI=1S/C14H21N3O3/c1-4-14(2,13(15)17-19)16-12(18)9-10-7-5-6-8-11(10)20-3/h5-8,19H,4,9H2,1-3H3,(H2,15,17)(H,16,18). The van der Waals surface area contributed by atoms with Gasteiger partial charge in [0.15, 0.2) is 5.84 Å². The molecule has 1 unspecified atom stereocenters. The van der Waals surface area contributed by atoms with E-state index in [1.807, 2.05) is 25.1 Å². The number of nitrogens with one attached hydrogen (secondary N) is 1. The number of nitrogens with zero attached hydrogens (tertiary/aromatic N) is 1. The molecule has 6 heteroatoms. The molecule has 1 amide bonds. The van der Waals surface area contributed by atoms with Crippen molar-refractivity contribution in [2.45, 2.75) is 32.2 Å². The first-order chi connectivity index (χ1) is 9.46. The van der Waals surface area contributed by atoms with Gasteiger partial charge in [-0.3, -0.25) is 4.79 Å². The third-order valence-electron chi connectivity index (χ3n) is 3.34. The van der Waals surface area contributed by atoms with Gasteiger partial charge in [0.2, 0.25) is 5.91 Å². The van der Waals surface area contributed by atoms with Crippen molar-refractivity contribution in [3.05, 3.63) is 29.8 Å². The molecule has 0 aliphatic rings. The minimum absolute atomic E-state index is 0.0200. The quantitative estimate of drug-likeness (QED) is 0.316. The summed E-state index contributed by atoms with van der Waals surface area (Å²) < 4.78 is 5.20. The van der Waals surface area contributed by atoms with Crippen molar-refractivity contribution in [1.82, 2.24) is 5.32 Å². The molecule has 0 aromatic heterocycles. The summed E-state index contributed by atoms with van der Waals surface area (Å²) in [6.07, 6.45) is 0.679. The Morgan fingerprint density at radius 1 is 1.50 bits per heavy atom. The first kappa shape index (κ1) is 15.8. The second-order valence-electron chi connectivity index (χ2n) is 4.71. The Morgan fingerprint density at radius 2 is 2.15 bits per heavy atom. The average Bonchev–Trinajstić information content (AvgIpc) is 2.46. The molecule has 110 valence electrons. The molecule has 1 rings (SSSR count). The van der Waals surface area contributed by atoms with Gasteiger partial charge in [0.1, 0.15) is 5.75 Å². The molecule has 0 heterocycles. The number of hydrogen-bond acceptors (Lipinski definition) is 4. The fourth-order valence-corrected chi connectivity index (χ4v) is 1.82. The van der Waals surface area contributed by atoms with Gasteiger partial charge >= 0.3 is 0 Å². The van der Waals surface area contributed by atoms with Crippen LogP contribution in [0.3, 0.4) is 0 Å². The summed E-state index contributed by atoms with van der Waals surface area (Å²) in [6, 6.07) is 7.30. The van der Waals surface area contributed by atoms with Crippen molar-refractivity contribution in [1.29, 1.82) is 0 Å². The van der Waals surface area contributed by atoms with Crippen LogP contribution in [-0.2, 0) is 11.2 Å². The minimum Gasteiger partial charge on any atom is -0.496 e. The normalized spacial score (nSPS) is 14.4. The summed E-state index contributed by atoms with van der Waals surface area (Å²) in [5, 5.41) is 14.5. The van der Waals surface area contributed by atoms with E-state index in [1.165, 1.54) is 0 Å². The van der Waals surface area contributed by atoms with E-state index in [0.717, 1.165) is 5.56 Å². The number of hydrogen-bond donors (Lipinski definition) is 3. The smallest absolute Gasteiger partial charge is 0.225 e. The van der Waals surface area contributed by atoms with Crippen LogP contribution in [0.4, 0.5) is 0 Å². The molecule has 0 spiro atoms. The Balaban J connectivity index is 2.82. The Kier molecular flexibility index (Phi) is 5.37. The van der Waals surface area contributed by atoms with Crippen molar-refractivity contribution in [2.24, 2.45) is 10.9 Å². The predicted octanol–water partition coefficient (Wildman–Crippen LogP) is 1.27. The number of methoxy groups -OCH3 is 1. The highest BCUT2D eigenvalue weighted by Gasteiger charge is 2.29. The fourth-order valence-electron chi connectivity index (χ4n) is 1.82. The number of rotatable bonds is 6. The molecular weight excluding hydrogens is 258 g/mol. The molecule has 1 atom stereocenters. The minimum atomic E-state index is -0.867. The zero-order chi connectivity index (χ0) is 15.2. The number of amidine groups is 1. The molecule has 4 N–H and O–H groups in total. The van der Waals surface area contributed by atoms with Gasteiger partial charge < -0.3 is 21.0 Å². The van der Waals surface area contributed by atoms with Crippen LogP contribution >= 0.6 is 0 Å². The van der Waals surface area contributed by atoms with E-state index in [1.54, 1.807) is 20.1 Å². The van der Waals surface area contributed by atoms with E-state index >= 15 is 0 Å². The Morgan fingerprint density at radius 3 is 2.70 bits per heavy atom. The molecule has 0 aliphatic carbocycles. The number of carbonyl (C=O) groups excluding carboxylic acids is 1. The van der Waals surface area contributed by atoms with E-state index in [4.69, 9.17) is 15.7 Å². The first-order valence-corrected chi connectivity index (χ1v) is 6.37. The van der Waals surface area contributed by atoms with Crippen molar-refractivity contribution in [3.8, 4) is 5.75 Å². The third kappa shape index (κ3) is 3.63. The molecule has 0 radical (unpaired) electrons. The van der Waals surface area contributed by atoms with E-state index in [0.29, 0.717) is 12.2 Å². The topological polar surface area (TPSA) is 96.9 Å². The van der Waals surface area contributed by atoms with E-state index < -0.39 is 5.54 Å². The summed E-state index contributed by atoms with van der Waals surface area (Å²) in [6.45, 7) is 3.56. The Bertz CT molecular complexity index is 502. The van der Waals surface area contributed by atoms with Gasteiger partial charge in [-0.2, -0.15) is 0 Å². The summed E-state index contributed by atoms with van der Waals surface area (Å²) in [5.41, 5.74) is 5.54. The van der Waals surface area contributed by atoms with Gasteiger partial charge in [0.25, 0.3) is 0 Å². The largest absolute Gasteiger partial charge is 0.496 e. The van der Waals surface area contributed by atoms with Crippen LogP contribution in [-0.4, -0.2) is 29.6 Å². The zero-order valence-corrected chi connectivity index (χ0v) is 12.0. The van der Waals surface area contributed by atoms with Crippen LogP contribution in [0, 0.1) is 0 Å². The molecule has 0 aliphatic heterocycles. The SMILES string of the molecule is CCC(C)(NC(=O)Cc1ccccc1OC)/C(N)=N/O. The van der Waals surface area contributed by atoms with Crippen LogP contribution < -0.4 is 15.8 Å². The van der Waals surface area contributed by atoms with Gasteiger partial charge in [-0.1, -0.05) is 30.3 Å². The zero-order valence-electron chi connectivity index (χ0n) is 12.0. The van der Waals surface area contributed by atoms with Gasteiger partial charge in [-0.15, -0.1) is 0 Å². The molecule has 20 heavy (non-hydrogen) atoms. The molecule has 1 aromatic carbocycles. The number of oxime groups is 1. The van der Waals surface area contributed by atoms with Gasteiger partial charge in [0, 0.05) is 5.56 Å². The van der Waals surface area contributed by atoms with Gasteiger partial charge in [-0.25, -0.2) is 0 Å². The maximum atomic E-state index is 12.1. The van der Waals surface area contributed by atoms with Crippen molar-refractivity contribution >= 4 is 11.7 Å². The van der Waals surface area contributed by atoms with E-state index in [9.17, 15) is 4.79 Å². The van der Waals surface area contributed by atoms with Crippen LogP contribution in [0.25, 0.3) is 0 Å². The average molecular weight is 279 g/mol.